The predicted octanol–water partition coefficient (Wildman–Crippen LogP) is 3.28. The van der Waals surface area contributed by atoms with Gasteiger partial charge in [-0.2, -0.15) is 5.10 Å². The van der Waals surface area contributed by atoms with E-state index in [1.165, 1.54) is 6.07 Å². The monoisotopic (exact) mass is 429 g/mol. The minimum absolute atomic E-state index is 0.00614. The van der Waals surface area contributed by atoms with Crippen molar-refractivity contribution in [2.24, 2.45) is 5.10 Å². The third-order valence-corrected chi connectivity index (χ3v) is 4.43. The molecular formula is C19H16BrN3O4. The molecule has 27 heavy (non-hydrogen) atoms. The average molecular weight is 430 g/mol. The summed E-state index contributed by atoms with van der Waals surface area (Å²) in [7, 11) is 0. The third-order valence-electron chi connectivity index (χ3n) is 3.83. The molecule has 0 heterocycles. The number of fused-ring (bicyclic) bond motifs is 1. The third kappa shape index (κ3) is 4.29. The summed E-state index contributed by atoms with van der Waals surface area (Å²) in [6, 6.07) is 15.1. The summed E-state index contributed by atoms with van der Waals surface area (Å²) in [5.41, 5.74) is 3.25. The summed E-state index contributed by atoms with van der Waals surface area (Å²) in [5.74, 6) is -2.08. The highest BCUT2D eigenvalue weighted by atomic mass is 79.9. The van der Waals surface area contributed by atoms with Crippen molar-refractivity contribution in [3.8, 4) is 17.2 Å². The number of amides is 1. The summed E-state index contributed by atoms with van der Waals surface area (Å²) in [6.07, 6.45) is 1.16. The number of halogens is 1. The minimum Gasteiger partial charge on any atom is -0.504 e. The highest BCUT2D eigenvalue weighted by molar-refractivity contribution is 9.10. The van der Waals surface area contributed by atoms with Crippen LogP contribution in [0.15, 0.2) is 58.1 Å². The van der Waals surface area contributed by atoms with Gasteiger partial charge in [-0.15, -0.1) is 0 Å². The Bertz CT molecular complexity index is 1040. The normalized spacial score (nSPS) is 11.0. The van der Waals surface area contributed by atoms with Gasteiger partial charge in [0, 0.05) is 11.3 Å². The van der Waals surface area contributed by atoms with E-state index in [1.807, 2.05) is 42.5 Å². The molecule has 0 radical (unpaired) electrons. The second-order valence-electron chi connectivity index (χ2n) is 5.70. The van der Waals surface area contributed by atoms with E-state index in [9.17, 15) is 20.1 Å². The second-order valence-corrected chi connectivity index (χ2v) is 6.56. The molecular weight excluding hydrogens is 414 g/mol. The van der Waals surface area contributed by atoms with Crippen LogP contribution in [0.5, 0.6) is 17.2 Å². The Kier molecular flexibility index (Phi) is 5.46. The van der Waals surface area contributed by atoms with Gasteiger partial charge < -0.3 is 20.6 Å². The van der Waals surface area contributed by atoms with Crippen LogP contribution in [0, 0.1) is 0 Å². The van der Waals surface area contributed by atoms with E-state index in [4.69, 9.17) is 0 Å². The predicted molar refractivity (Wildman–Crippen MR) is 107 cm³/mol. The van der Waals surface area contributed by atoms with Crippen LogP contribution >= 0.6 is 15.9 Å². The van der Waals surface area contributed by atoms with E-state index in [2.05, 4.69) is 31.8 Å². The van der Waals surface area contributed by atoms with Crippen molar-refractivity contribution < 1.29 is 20.1 Å². The average Bonchev–Trinajstić information content (AvgIpc) is 2.68. The van der Waals surface area contributed by atoms with Crippen molar-refractivity contribution in [3.05, 3.63) is 58.6 Å². The summed E-state index contributed by atoms with van der Waals surface area (Å²) in [4.78, 5) is 11.9. The SMILES string of the molecule is O=C(CNc1ccc2ccccc2c1)N/N=C/c1cc(Br)c(O)c(O)c1O. The zero-order valence-electron chi connectivity index (χ0n) is 14.0. The summed E-state index contributed by atoms with van der Waals surface area (Å²) in [6.45, 7) is 0.00614. The van der Waals surface area contributed by atoms with Crippen LogP contribution < -0.4 is 10.7 Å². The molecule has 0 saturated carbocycles. The van der Waals surface area contributed by atoms with E-state index in [-0.39, 0.29) is 22.5 Å². The number of phenols is 3. The topological polar surface area (TPSA) is 114 Å². The first-order valence-electron chi connectivity index (χ1n) is 7.93. The molecule has 1 amide bonds. The van der Waals surface area contributed by atoms with Crippen LogP contribution in [0.3, 0.4) is 0 Å². The van der Waals surface area contributed by atoms with Gasteiger partial charge in [0.15, 0.2) is 11.5 Å². The molecule has 0 atom stereocenters. The second kappa shape index (κ2) is 7.96. The van der Waals surface area contributed by atoms with Crippen molar-refractivity contribution >= 4 is 44.5 Å². The number of rotatable bonds is 5. The lowest BCUT2D eigenvalue weighted by Crippen LogP contribution is -2.25. The Hall–Kier alpha value is -3.26. The van der Waals surface area contributed by atoms with Gasteiger partial charge in [0.1, 0.15) is 0 Å². The van der Waals surface area contributed by atoms with Crippen LogP contribution in [0.25, 0.3) is 10.8 Å². The number of carbonyl (C=O) groups excluding carboxylic acids is 1. The number of hydrogen-bond acceptors (Lipinski definition) is 6. The van der Waals surface area contributed by atoms with Gasteiger partial charge >= 0.3 is 0 Å². The number of benzene rings is 3. The number of nitrogens with one attached hydrogen (secondary N) is 2. The fourth-order valence-corrected chi connectivity index (χ4v) is 2.86. The zero-order chi connectivity index (χ0) is 19.4. The van der Waals surface area contributed by atoms with Crippen LogP contribution in [0.4, 0.5) is 5.69 Å². The Balaban J connectivity index is 1.59. The summed E-state index contributed by atoms with van der Waals surface area (Å²) in [5, 5.41) is 37.7. The first-order valence-corrected chi connectivity index (χ1v) is 8.73. The van der Waals surface area contributed by atoms with Crippen molar-refractivity contribution in [1.82, 2.24) is 5.43 Å². The number of anilines is 1. The Morgan fingerprint density at radius 2 is 1.74 bits per heavy atom. The number of phenolic OH excluding ortho intramolecular Hbond substituents is 3. The highest BCUT2D eigenvalue weighted by Crippen LogP contribution is 2.42. The van der Waals surface area contributed by atoms with Gasteiger partial charge in [0.25, 0.3) is 5.91 Å². The van der Waals surface area contributed by atoms with Crippen LogP contribution in [0.2, 0.25) is 0 Å². The van der Waals surface area contributed by atoms with Crippen LogP contribution in [-0.2, 0) is 4.79 Å². The molecule has 0 bridgehead atoms. The van der Waals surface area contributed by atoms with Gasteiger partial charge in [-0.05, 0) is 44.9 Å². The van der Waals surface area contributed by atoms with E-state index in [0.717, 1.165) is 22.7 Å². The maximum Gasteiger partial charge on any atom is 0.259 e. The summed E-state index contributed by atoms with van der Waals surface area (Å²) >= 11 is 3.04. The van der Waals surface area contributed by atoms with Gasteiger partial charge in [-0.3, -0.25) is 4.79 Å². The molecule has 138 valence electrons. The molecule has 0 fully saturated rings. The zero-order valence-corrected chi connectivity index (χ0v) is 15.6. The van der Waals surface area contributed by atoms with Gasteiger partial charge in [0.05, 0.1) is 17.2 Å². The lowest BCUT2D eigenvalue weighted by Gasteiger charge is -2.07. The quantitative estimate of drug-likeness (QED) is 0.242. The first kappa shape index (κ1) is 18.5. The van der Waals surface area contributed by atoms with Crippen molar-refractivity contribution in [1.29, 1.82) is 0 Å². The lowest BCUT2D eigenvalue weighted by molar-refractivity contribution is -0.119. The number of nitrogens with zero attached hydrogens (tertiary/aromatic N) is 1. The molecule has 3 rings (SSSR count). The van der Waals surface area contributed by atoms with E-state index in [0.29, 0.717) is 0 Å². The Labute approximate surface area is 163 Å². The van der Waals surface area contributed by atoms with E-state index >= 15 is 0 Å². The molecule has 3 aromatic carbocycles. The fourth-order valence-electron chi connectivity index (χ4n) is 2.43. The molecule has 0 aromatic heterocycles. The number of hydrazone groups is 1. The molecule has 0 unspecified atom stereocenters. The molecule has 0 aliphatic rings. The minimum atomic E-state index is -0.671. The lowest BCUT2D eigenvalue weighted by atomic mass is 10.1. The first-order chi connectivity index (χ1) is 13.0. The maximum absolute atomic E-state index is 11.9. The van der Waals surface area contributed by atoms with E-state index in [1.54, 1.807) is 0 Å². The fraction of sp³-hybridized carbons (Fsp3) is 0.0526. The van der Waals surface area contributed by atoms with Crippen LogP contribution in [-0.4, -0.2) is 34.0 Å². The number of carbonyl (C=O) groups is 1. The Morgan fingerprint density at radius 3 is 2.52 bits per heavy atom. The molecule has 0 aliphatic carbocycles. The van der Waals surface area contributed by atoms with Crippen molar-refractivity contribution in [3.63, 3.8) is 0 Å². The van der Waals surface area contributed by atoms with Crippen molar-refractivity contribution in [2.45, 2.75) is 0 Å². The molecule has 7 nitrogen and oxygen atoms in total. The van der Waals surface area contributed by atoms with Crippen molar-refractivity contribution in [2.75, 3.05) is 11.9 Å². The van der Waals surface area contributed by atoms with Crippen LogP contribution in [0.1, 0.15) is 5.56 Å². The largest absolute Gasteiger partial charge is 0.504 e. The maximum atomic E-state index is 11.9. The Morgan fingerprint density at radius 1 is 1.00 bits per heavy atom. The molecule has 5 N–H and O–H groups in total. The highest BCUT2D eigenvalue weighted by Gasteiger charge is 2.14. The number of aromatic hydroxyl groups is 3. The summed E-state index contributed by atoms with van der Waals surface area (Å²) < 4.78 is 0.184. The molecule has 0 spiro atoms. The smallest absolute Gasteiger partial charge is 0.259 e. The molecule has 0 aliphatic heterocycles. The molecule has 8 heteroatoms. The standard InChI is InChI=1S/C19H16BrN3O4/c20-15-8-13(17(25)19(27)18(15)26)9-22-23-16(24)10-21-14-6-5-11-3-1-2-4-12(11)7-14/h1-9,21,25-27H,10H2,(H,23,24)/b22-9+. The van der Waals surface area contributed by atoms with Gasteiger partial charge in [0.2, 0.25) is 5.75 Å². The van der Waals surface area contributed by atoms with Gasteiger partial charge in [-0.1, -0.05) is 30.3 Å². The molecule has 0 saturated heterocycles. The van der Waals surface area contributed by atoms with E-state index < -0.39 is 17.2 Å². The van der Waals surface area contributed by atoms with Gasteiger partial charge in [-0.25, -0.2) is 5.43 Å². The number of hydrogen-bond donors (Lipinski definition) is 5. The molecule has 3 aromatic rings.